The monoisotopic (exact) mass is 369 g/mol. The molecule has 0 unspecified atom stereocenters. The van der Waals surface area contributed by atoms with Crippen LogP contribution in [0.2, 0.25) is 0 Å². The molecule has 0 atom stereocenters. The Labute approximate surface area is 157 Å². The number of carbonyl (C=O) groups excluding carboxylic acids is 3. The minimum atomic E-state index is -0.320. The minimum Gasteiger partial charge on any atom is -0.459 e. The van der Waals surface area contributed by atoms with Gasteiger partial charge in [0.1, 0.15) is 0 Å². The van der Waals surface area contributed by atoms with Gasteiger partial charge in [0.15, 0.2) is 5.76 Å². The van der Waals surface area contributed by atoms with Crippen molar-refractivity contribution >= 4 is 23.4 Å². The highest BCUT2D eigenvalue weighted by Gasteiger charge is 2.22. The quantitative estimate of drug-likeness (QED) is 0.698. The SMILES string of the molecule is O=C(CNC(=O)C1CCCC1)NCc1ccc(NC(=O)c2ccco2)cc1. The fraction of sp³-hybridized carbons (Fsp3) is 0.350. The second kappa shape index (κ2) is 9.02. The Balaban J connectivity index is 1.39. The molecule has 3 amide bonds. The van der Waals surface area contributed by atoms with Gasteiger partial charge in [-0.05, 0) is 42.7 Å². The van der Waals surface area contributed by atoms with Crippen molar-refractivity contribution in [2.75, 3.05) is 11.9 Å². The molecule has 1 heterocycles. The number of furan rings is 1. The second-order valence-corrected chi connectivity index (χ2v) is 6.60. The first-order valence-electron chi connectivity index (χ1n) is 9.10. The Hall–Kier alpha value is -3.09. The Kier molecular flexibility index (Phi) is 6.25. The van der Waals surface area contributed by atoms with Crippen molar-refractivity contribution < 1.29 is 18.8 Å². The zero-order chi connectivity index (χ0) is 19.1. The van der Waals surface area contributed by atoms with E-state index in [1.54, 1.807) is 24.3 Å². The molecule has 1 aromatic carbocycles. The summed E-state index contributed by atoms with van der Waals surface area (Å²) >= 11 is 0. The minimum absolute atomic E-state index is 0.00732. The number of amides is 3. The molecule has 27 heavy (non-hydrogen) atoms. The van der Waals surface area contributed by atoms with Gasteiger partial charge < -0.3 is 20.4 Å². The highest BCUT2D eigenvalue weighted by atomic mass is 16.3. The van der Waals surface area contributed by atoms with E-state index in [1.165, 1.54) is 6.26 Å². The van der Waals surface area contributed by atoms with Gasteiger partial charge >= 0.3 is 0 Å². The van der Waals surface area contributed by atoms with Gasteiger partial charge in [0, 0.05) is 18.2 Å². The van der Waals surface area contributed by atoms with Crippen LogP contribution in [0, 0.1) is 5.92 Å². The molecule has 3 rings (SSSR count). The molecule has 0 radical (unpaired) electrons. The van der Waals surface area contributed by atoms with E-state index < -0.39 is 0 Å². The molecule has 1 saturated carbocycles. The fourth-order valence-electron chi connectivity index (χ4n) is 3.07. The van der Waals surface area contributed by atoms with Gasteiger partial charge in [0.2, 0.25) is 11.8 Å². The average Bonchev–Trinajstić information content (AvgIpc) is 3.39. The predicted octanol–water partition coefficient (Wildman–Crippen LogP) is 2.45. The van der Waals surface area contributed by atoms with Crippen LogP contribution in [-0.2, 0) is 16.1 Å². The van der Waals surface area contributed by atoms with Gasteiger partial charge in [0.05, 0.1) is 12.8 Å². The number of hydrogen-bond acceptors (Lipinski definition) is 4. The lowest BCUT2D eigenvalue weighted by atomic mass is 10.1. The Morgan fingerprint density at radius 2 is 1.74 bits per heavy atom. The number of benzene rings is 1. The molecular weight excluding hydrogens is 346 g/mol. The van der Waals surface area contributed by atoms with E-state index in [9.17, 15) is 14.4 Å². The Morgan fingerprint density at radius 1 is 1.00 bits per heavy atom. The van der Waals surface area contributed by atoms with Crippen molar-refractivity contribution in [3.63, 3.8) is 0 Å². The Morgan fingerprint density at radius 3 is 2.41 bits per heavy atom. The maximum atomic E-state index is 11.9. The third-order valence-electron chi connectivity index (χ3n) is 4.60. The number of nitrogens with one attached hydrogen (secondary N) is 3. The average molecular weight is 369 g/mol. The smallest absolute Gasteiger partial charge is 0.291 e. The standard InChI is InChI=1S/C20H23N3O4/c24-18(13-22-19(25)15-4-1-2-5-15)21-12-14-7-9-16(10-8-14)23-20(26)17-6-3-11-27-17/h3,6-11,15H,1-2,4-5,12-13H2,(H,21,24)(H,22,25)(H,23,26). The van der Waals surface area contributed by atoms with Crippen LogP contribution in [0.25, 0.3) is 0 Å². The van der Waals surface area contributed by atoms with Crippen LogP contribution in [-0.4, -0.2) is 24.3 Å². The maximum absolute atomic E-state index is 11.9. The summed E-state index contributed by atoms with van der Waals surface area (Å²) < 4.78 is 5.04. The Bertz CT molecular complexity index is 778. The topological polar surface area (TPSA) is 100 Å². The van der Waals surface area contributed by atoms with Crippen LogP contribution < -0.4 is 16.0 Å². The normalized spacial score (nSPS) is 13.9. The second-order valence-electron chi connectivity index (χ2n) is 6.60. The van der Waals surface area contributed by atoms with Crippen molar-refractivity contribution in [1.29, 1.82) is 0 Å². The first-order valence-corrected chi connectivity index (χ1v) is 9.10. The lowest BCUT2D eigenvalue weighted by molar-refractivity contribution is -0.128. The number of rotatable bonds is 7. The summed E-state index contributed by atoms with van der Waals surface area (Å²) in [5.41, 5.74) is 1.52. The summed E-state index contributed by atoms with van der Waals surface area (Å²) in [7, 11) is 0. The summed E-state index contributed by atoms with van der Waals surface area (Å²) in [6, 6.07) is 10.4. The molecule has 3 N–H and O–H groups in total. The number of carbonyl (C=O) groups is 3. The van der Waals surface area contributed by atoms with E-state index in [2.05, 4.69) is 16.0 Å². The van der Waals surface area contributed by atoms with Gasteiger partial charge in [-0.1, -0.05) is 25.0 Å². The molecule has 2 aromatic rings. The first kappa shape index (κ1) is 18.7. The van der Waals surface area contributed by atoms with Crippen molar-refractivity contribution in [2.45, 2.75) is 32.2 Å². The summed E-state index contributed by atoms with van der Waals surface area (Å²) in [5.74, 6) is -0.275. The van der Waals surface area contributed by atoms with E-state index in [1.807, 2.05) is 12.1 Å². The van der Waals surface area contributed by atoms with Crippen LogP contribution in [0.3, 0.4) is 0 Å². The van der Waals surface area contributed by atoms with E-state index in [0.717, 1.165) is 31.2 Å². The predicted molar refractivity (Wildman–Crippen MR) is 99.9 cm³/mol. The molecule has 1 aromatic heterocycles. The largest absolute Gasteiger partial charge is 0.459 e. The van der Waals surface area contributed by atoms with Gasteiger partial charge in [-0.3, -0.25) is 14.4 Å². The molecule has 142 valence electrons. The maximum Gasteiger partial charge on any atom is 0.291 e. The molecule has 0 spiro atoms. The summed E-state index contributed by atoms with van der Waals surface area (Å²) in [6.45, 7) is 0.344. The van der Waals surface area contributed by atoms with Crippen molar-refractivity contribution in [2.24, 2.45) is 5.92 Å². The van der Waals surface area contributed by atoms with Crippen LogP contribution in [0.5, 0.6) is 0 Å². The molecule has 0 saturated heterocycles. The molecule has 1 aliphatic rings. The van der Waals surface area contributed by atoms with Gasteiger partial charge in [-0.25, -0.2) is 0 Å². The lowest BCUT2D eigenvalue weighted by Gasteiger charge is -2.11. The van der Waals surface area contributed by atoms with Crippen LogP contribution in [0.4, 0.5) is 5.69 Å². The fourth-order valence-corrected chi connectivity index (χ4v) is 3.07. The van der Waals surface area contributed by atoms with E-state index in [-0.39, 0.29) is 35.9 Å². The van der Waals surface area contributed by atoms with Crippen LogP contribution in [0.1, 0.15) is 41.8 Å². The van der Waals surface area contributed by atoms with Crippen molar-refractivity contribution in [1.82, 2.24) is 10.6 Å². The third kappa shape index (κ3) is 5.44. The lowest BCUT2D eigenvalue weighted by Crippen LogP contribution is -2.38. The van der Waals surface area contributed by atoms with Crippen molar-refractivity contribution in [3.05, 3.63) is 54.0 Å². The molecule has 7 nitrogen and oxygen atoms in total. The molecule has 0 aliphatic heterocycles. The van der Waals surface area contributed by atoms with E-state index in [4.69, 9.17) is 4.42 Å². The molecule has 7 heteroatoms. The highest BCUT2D eigenvalue weighted by Crippen LogP contribution is 2.24. The summed E-state index contributed by atoms with van der Waals surface area (Å²) in [5, 5.41) is 8.20. The van der Waals surface area contributed by atoms with Gasteiger partial charge in [-0.2, -0.15) is 0 Å². The van der Waals surface area contributed by atoms with Crippen molar-refractivity contribution in [3.8, 4) is 0 Å². The van der Waals surface area contributed by atoms with Gasteiger partial charge in [0.25, 0.3) is 5.91 Å². The number of hydrogen-bond donors (Lipinski definition) is 3. The van der Waals surface area contributed by atoms with Crippen LogP contribution in [0.15, 0.2) is 47.1 Å². The molecular formula is C20H23N3O4. The van der Waals surface area contributed by atoms with E-state index in [0.29, 0.717) is 12.2 Å². The zero-order valence-corrected chi connectivity index (χ0v) is 15.0. The molecule has 0 bridgehead atoms. The first-order chi connectivity index (χ1) is 13.1. The molecule has 1 fully saturated rings. The summed E-state index contributed by atoms with van der Waals surface area (Å²) in [6.07, 6.45) is 5.44. The number of anilines is 1. The molecule has 1 aliphatic carbocycles. The zero-order valence-electron chi connectivity index (χ0n) is 15.0. The van der Waals surface area contributed by atoms with Crippen LogP contribution >= 0.6 is 0 Å². The highest BCUT2D eigenvalue weighted by molar-refractivity contribution is 6.02. The summed E-state index contributed by atoms with van der Waals surface area (Å²) in [4.78, 5) is 35.7. The third-order valence-corrected chi connectivity index (χ3v) is 4.60. The van der Waals surface area contributed by atoms with Gasteiger partial charge in [-0.15, -0.1) is 0 Å². The van der Waals surface area contributed by atoms with E-state index >= 15 is 0 Å².